The maximum Gasteiger partial charge on any atom is 0.269 e. The largest absolute Gasteiger partial charge is 0.299 e. The maximum absolute atomic E-state index is 10.7. The van der Waals surface area contributed by atoms with E-state index in [0.717, 1.165) is 25.2 Å². The van der Waals surface area contributed by atoms with E-state index in [1.54, 1.807) is 12.1 Å². The van der Waals surface area contributed by atoms with Crippen molar-refractivity contribution in [2.45, 2.75) is 33.2 Å². The molecule has 1 aromatic rings. The SMILES string of the molecule is CCCCN(CC)Cc1cccc([N+](=O)[O-])c1. The summed E-state index contributed by atoms with van der Waals surface area (Å²) in [5.41, 5.74) is 1.19. The van der Waals surface area contributed by atoms with Crippen LogP contribution in [0.5, 0.6) is 0 Å². The summed E-state index contributed by atoms with van der Waals surface area (Å²) in [5.74, 6) is 0. The van der Waals surface area contributed by atoms with Crippen molar-refractivity contribution in [3.8, 4) is 0 Å². The van der Waals surface area contributed by atoms with Crippen molar-refractivity contribution in [1.82, 2.24) is 4.90 Å². The predicted molar refractivity (Wildman–Crippen MR) is 69.0 cm³/mol. The van der Waals surface area contributed by atoms with Crippen LogP contribution in [0.25, 0.3) is 0 Å². The molecule has 0 aliphatic carbocycles. The van der Waals surface area contributed by atoms with E-state index < -0.39 is 0 Å². The van der Waals surface area contributed by atoms with Gasteiger partial charge in [-0.3, -0.25) is 15.0 Å². The Bertz CT molecular complexity index is 366. The molecule has 0 radical (unpaired) electrons. The van der Waals surface area contributed by atoms with Crippen molar-refractivity contribution in [3.63, 3.8) is 0 Å². The average Bonchev–Trinajstić information content (AvgIpc) is 2.34. The van der Waals surface area contributed by atoms with Crippen molar-refractivity contribution in [1.29, 1.82) is 0 Å². The molecule has 1 aromatic carbocycles. The second-order valence-corrected chi connectivity index (χ2v) is 4.15. The predicted octanol–water partition coefficient (Wildman–Crippen LogP) is 3.22. The fraction of sp³-hybridized carbons (Fsp3) is 0.538. The van der Waals surface area contributed by atoms with Gasteiger partial charge in [0.05, 0.1) is 4.92 Å². The molecule has 4 heteroatoms. The Morgan fingerprint density at radius 3 is 2.71 bits per heavy atom. The molecule has 0 aliphatic heterocycles. The first-order valence-corrected chi connectivity index (χ1v) is 6.13. The topological polar surface area (TPSA) is 46.4 Å². The first kappa shape index (κ1) is 13.6. The van der Waals surface area contributed by atoms with Gasteiger partial charge in [0.2, 0.25) is 0 Å². The molecular weight excluding hydrogens is 216 g/mol. The molecule has 0 bridgehead atoms. The summed E-state index contributed by atoms with van der Waals surface area (Å²) in [7, 11) is 0. The second kappa shape index (κ2) is 7.01. The summed E-state index contributed by atoms with van der Waals surface area (Å²) in [6.07, 6.45) is 2.34. The molecule has 0 spiro atoms. The molecule has 94 valence electrons. The molecule has 0 aromatic heterocycles. The number of non-ortho nitro benzene ring substituents is 1. The Morgan fingerprint density at radius 1 is 1.35 bits per heavy atom. The number of hydrogen-bond acceptors (Lipinski definition) is 3. The monoisotopic (exact) mass is 236 g/mol. The van der Waals surface area contributed by atoms with Gasteiger partial charge < -0.3 is 0 Å². The standard InChI is InChI=1S/C13H20N2O2/c1-3-5-9-14(4-2)11-12-7-6-8-13(10-12)15(16)17/h6-8,10H,3-5,9,11H2,1-2H3. The lowest BCUT2D eigenvalue weighted by Crippen LogP contribution is -2.23. The lowest BCUT2D eigenvalue weighted by molar-refractivity contribution is -0.384. The van der Waals surface area contributed by atoms with E-state index in [-0.39, 0.29) is 10.6 Å². The second-order valence-electron chi connectivity index (χ2n) is 4.15. The summed E-state index contributed by atoms with van der Waals surface area (Å²) < 4.78 is 0. The van der Waals surface area contributed by atoms with Crippen molar-refractivity contribution in [2.75, 3.05) is 13.1 Å². The summed E-state index contributed by atoms with van der Waals surface area (Å²) in [4.78, 5) is 12.6. The van der Waals surface area contributed by atoms with Gasteiger partial charge in [0.15, 0.2) is 0 Å². The molecule has 0 aliphatic rings. The Labute approximate surface area is 102 Å². The molecular formula is C13H20N2O2. The van der Waals surface area contributed by atoms with Crippen LogP contribution in [0.4, 0.5) is 5.69 Å². The molecule has 0 N–H and O–H groups in total. The molecule has 1 rings (SSSR count). The molecule has 0 amide bonds. The van der Waals surface area contributed by atoms with E-state index in [0.29, 0.717) is 0 Å². The van der Waals surface area contributed by atoms with Crippen LogP contribution >= 0.6 is 0 Å². The number of nitro benzene ring substituents is 1. The number of nitrogens with zero attached hydrogens (tertiary/aromatic N) is 2. The number of benzene rings is 1. The van der Waals surface area contributed by atoms with E-state index in [9.17, 15) is 10.1 Å². The quantitative estimate of drug-likeness (QED) is 0.539. The highest BCUT2D eigenvalue weighted by atomic mass is 16.6. The van der Waals surface area contributed by atoms with Crippen LogP contribution in [0.2, 0.25) is 0 Å². The fourth-order valence-electron chi connectivity index (χ4n) is 1.76. The first-order valence-electron chi connectivity index (χ1n) is 6.13. The minimum Gasteiger partial charge on any atom is -0.299 e. The van der Waals surface area contributed by atoms with Crippen molar-refractivity contribution >= 4 is 5.69 Å². The van der Waals surface area contributed by atoms with Gasteiger partial charge in [0, 0.05) is 18.7 Å². The van der Waals surface area contributed by atoms with E-state index in [2.05, 4.69) is 18.7 Å². The van der Waals surface area contributed by atoms with Crippen molar-refractivity contribution in [3.05, 3.63) is 39.9 Å². The third-order valence-corrected chi connectivity index (χ3v) is 2.80. The minimum atomic E-state index is -0.341. The summed E-state index contributed by atoms with van der Waals surface area (Å²) in [6, 6.07) is 6.89. The van der Waals surface area contributed by atoms with Gasteiger partial charge in [-0.25, -0.2) is 0 Å². The van der Waals surface area contributed by atoms with Gasteiger partial charge in [-0.2, -0.15) is 0 Å². The highest BCUT2D eigenvalue weighted by molar-refractivity contribution is 5.34. The van der Waals surface area contributed by atoms with Crippen molar-refractivity contribution in [2.24, 2.45) is 0 Å². The molecule has 4 nitrogen and oxygen atoms in total. The highest BCUT2D eigenvalue weighted by Gasteiger charge is 2.08. The Morgan fingerprint density at radius 2 is 2.12 bits per heavy atom. The number of rotatable bonds is 7. The van der Waals surface area contributed by atoms with Gasteiger partial charge in [0.25, 0.3) is 5.69 Å². The highest BCUT2D eigenvalue weighted by Crippen LogP contribution is 2.14. The zero-order valence-electron chi connectivity index (χ0n) is 10.6. The first-order chi connectivity index (χ1) is 8.17. The maximum atomic E-state index is 10.7. The van der Waals surface area contributed by atoms with Crippen LogP contribution in [0.3, 0.4) is 0 Å². The molecule has 0 heterocycles. The van der Waals surface area contributed by atoms with Crippen LogP contribution in [0, 0.1) is 10.1 Å². The van der Waals surface area contributed by atoms with Crippen LogP contribution in [0.15, 0.2) is 24.3 Å². The van der Waals surface area contributed by atoms with Crippen LogP contribution in [-0.2, 0) is 6.54 Å². The van der Waals surface area contributed by atoms with Crippen LogP contribution < -0.4 is 0 Å². The van der Waals surface area contributed by atoms with Gasteiger partial charge in [-0.1, -0.05) is 32.4 Å². The fourth-order valence-corrected chi connectivity index (χ4v) is 1.76. The molecule has 0 unspecified atom stereocenters. The van der Waals surface area contributed by atoms with Gasteiger partial charge in [0.1, 0.15) is 0 Å². The zero-order valence-corrected chi connectivity index (χ0v) is 10.6. The third kappa shape index (κ3) is 4.53. The number of nitro groups is 1. The van der Waals surface area contributed by atoms with Gasteiger partial charge in [-0.15, -0.1) is 0 Å². The normalized spacial score (nSPS) is 10.8. The average molecular weight is 236 g/mol. The molecule has 0 saturated heterocycles. The molecule has 0 atom stereocenters. The smallest absolute Gasteiger partial charge is 0.269 e. The van der Waals surface area contributed by atoms with Crippen LogP contribution in [0.1, 0.15) is 32.3 Å². The molecule has 0 fully saturated rings. The molecule has 17 heavy (non-hydrogen) atoms. The molecule has 0 saturated carbocycles. The lowest BCUT2D eigenvalue weighted by atomic mass is 10.2. The number of hydrogen-bond donors (Lipinski definition) is 0. The van der Waals surface area contributed by atoms with Crippen molar-refractivity contribution < 1.29 is 4.92 Å². The Kier molecular flexibility index (Phi) is 5.63. The van der Waals surface area contributed by atoms with E-state index in [1.165, 1.54) is 18.9 Å². The van der Waals surface area contributed by atoms with Gasteiger partial charge >= 0.3 is 0 Å². The summed E-state index contributed by atoms with van der Waals surface area (Å²) in [6.45, 7) is 7.10. The van der Waals surface area contributed by atoms with Crippen LogP contribution in [-0.4, -0.2) is 22.9 Å². The Balaban J connectivity index is 2.65. The summed E-state index contributed by atoms with van der Waals surface area (Å²) >= 11 is 0. The zero-order chi connectivity index (χ0) is 12.7. The van der Waals surface area contributed by atoms with E-state index >= 15 is 0 Å². The minimum absolute atomic E-state index is 0.175. The summed E-state index contributed by atoms with van der Waals surface area (Å²) in [5, 5.41) is 10.7. The Hall–Kier alpha value is -1.42. The third-order valence-electron chi connectivity index (χ3n) is 2.80. The van der Waals surface area contributed by atoms with E-state index in [4.69, 9.17) is 0 Å². The van der Waals surface area contributed by atoms with Gasteiger partial charge in [-0.05, 0) is 25.1 Å². The van der Waals surface area contributed by atoms with E-state index in [1.807, 2.05) is 6.07 Å². The number of unbranched alkanes of at least 4 members (excludes halogenated alkanes) is 1. The lowest BCUT2D eigenvalue weighted by Gasteiger charge is -2.19.